The number of alkyl halides is 3. The topological polar surface area (TPSA) is 98.9 Å². The smallest absolute Gasteiger partial charge is 0.387 e. The summed E-state index contributed by atoms with van der Waals surface area (Å²) in [7, 11) is 1.09. The van der Waals surface area contributed by atoms with Crippen LogP contribution in [0.1, 0.15) is 23.5 Å². The van der Waals surface area contributed by atoms with Gasteiger partial charge in [-0.05, 0) is 30.3 Å². The minimum absolute atomic E-state index is 0.00915. The average Bonchev–Trinajstić information content (AvgIpc) is 3.52. The van der Waals surface area contributed by atoms with Crippen LogP contribution in [-0.4, -0.2) is 64.1 Å². The Bertz CT molecular complexity index is 1740. The predicted octanol–water partition coefficient (Wildman–Crippen LogP) is 6.00. The standard InChI is InChI=1S/C30H23Cl2F5N4O5/c1-40(21-11-16(31)7-8-17(21)30(35,36)37)28(43)27-25(42)24(26-22(45-27)13-44-29(46-26)14-5-3-2-4-6-14)41-12-20(38-39-41)15-9-18(33)23(32)19(34)10-15/h2-12,22,24-27,29,42H,13H2,1H3/t22-,24-,25-,26+,27-,29?/m1/s1. The second-order valence-corrected chi connectivity index (χ2v) is 11.5. The maximum absolute atomic E-state index is 14.2. The highest BCUT2D eigenvalue weighted by atomic mass is 35.5. The van der Waals surface area contributed by atoms with E-state index in [-0.39, 0.29) is 22.9 Å². The van der Waals surface area contributed by atoms with Gasteiger partial charge in [-0.3, -0.25) is 4.79 Å². The maximum atomic E-state index is 14.2. The lowest BCUT2D eigenvalue weighted by atomic mass is 9.90. The van der Waals surface area contributed by atoms with E-state index in [1.165, 1.54) is 6.20 Å². The van der Waals surface area contributed by atoms with Gasteiger partial charge < -0.3 is 24.2 Å². The molecular formula is C30H23Cl2F5N4O5. The van der Waals surface area contributed by atoms with Crippen molar-refractivity contribution in [1.82, 2.24) is 15.0 Å². The molecule has 6 atom stereocenters. The van der Waals surface area contributed by atoms with Gasteiger partial charge in [0.1, 0.15) is 46.7 Å². The highest BCUT2D eigenvalue weighted by Crippen LogP contribution is 2.42. The van der Waals surface area contributed by atoms with Crippen LogP contribution in [0.25, 0.3) is 11.3 Å². The van der Waals surface area contributed by atoms with Crippen molar-refractivity contribution in [3.63, 3.8) is 0 Å². The second kappa shape index (κ2) is 12.5. The number of aromatic nitrogens is 3. The summed E-state index contributed by atoms with van der Waals surface area (Å²) in [4.78, 5) is 14.5. The number of benzene rings is 3. The van der Waals surface area contributed by atoms with Crippen molar-refractivity contribution in [2.75, 3.05) is 18.6 Å². The molecule has 2 aliphatic rings. The minimum atomic E-state index is -4.83. The minimum Gasteiger partial charge on any atom is -0.387 e. The van der Waals surface area contributed by atoms with Gasteiger partial charge in [0.25, 0.3) is 5.91 Å². The van der Waals surface area contributed by atoms with Crippen molar-refractivity contribution < 1.29 is 46.1 Å². The molecule has 1 N–H and O–H groups in total. The molecule has 3 aromatic carbocycles. The SMILES string of the molecule is CN(C(=O)[C@@H]1O[C@@H]2COC(c3ccccc3)O[C@@H]2[C@H](n2cc(-c3cc(F)c(Cl)c(F)c3)nn2)[C@H]1O)c1cc(Cl)ccc1C(F)(F)F. The number of anilines is 1. The number of aliphatic hydroxyl groups is 1. The molecule has 6 rings (SSSR count). The Balaban J connectivity index is 1.37. The molecule has 4 aromatic rings. The highest BCUT2D eigenvalue weighted by molar-refractivity contribution is 6.31. The number of amides is 1. The molecule has 0 spiro atoms. The van der Waals surface area contributed by atoms with Crippen LogP contribution in [0.4, 0.5) is 27.6 Å². The number of fused-ring (bicyclic) bond motifs is 1. The number of rotatable bonds is 5. The summed E-state index contributed by atoms with van der Waals surface area (Å²) in [6.07, 6.45) is -10.0. The average molecular weight is 685 g/mol. The first kappa shape index (κ1) is 32.3. The molecule has 242 valence electrons. The third kappa shape index (κ3) is 6.08. The van der Waals surface area contributed by atoms with Gasteiger partial charge >= 0.3 is 6.18 Å². The van der Waals surface area contributed by atoms with E-state index in [4.69, 9.17) is 37.4 Å². The summed E-state index contributed by atoms with van der Waals surface area (Å²) in [6.45, 7) is -0.138. The number of halogens is 7. The predicted molar refractivity (Wildman–Crippen MR) is 154 cm³/mol. The zero-order chi connectivity index (χ0) is 32.9. The van der Waals surface area contributed by atoms with E-state index in [9.17, 15) is 31.9 Å². The Morgan fingerprint density at radius 1 is 1.04 bits per heavy atom. The quantitative estimate of drug-likeness (QED) is 0.204. The van der Waals surface area contributed by atoms with Gasteiger partial charge in [-0.25, -0.2) is 13.5 Å². The third-order valence-electron chi connectivity index (χ3n) is 7.74. The van der Waals surface area contributed by atoms with Crippen molar-refractivity contribution in [2.24, 2.45) is 0 Å². The summed E-state index contributed by atoms with van der Waals surface area (Å²) < 4.78 is 89.2. The van der Waals surface area contributed by atoms with Crippen molar-refractivity contribution >= 4 is 34.8 Å². The van der Waals surface area contributed by atoms with Crippen LogP contribution in [0.2, 0.25) is 10.0 Å². The van der Waals surface area contributed by atoms with Gasteiger partial charge in [0.2, 0.25) is 0 Å². The van der Waals surface area contributed by atoms with Gasteiger partial charge in [-0.1, -0.05) is 58.7 Å². The molecule has 0 saturated carbocycles. The van der Waals surface area contributed by atoms with Gasteiger partial charge in [0.05, 0.1) is 24.1 Å². The molecule has 2 aliphatic heterocycles. The van der Waals surface area contributed by atoms with E-state index in [1.807, 2.05) is 0 Å². The zero-order valence-electron chi connectivity index (χ0n) is 23.5. The number of carbonyl (C=O) groups is 1. The Morgan fingerprint density at radius 2 is 1.74 bits per heavy atom. The molecule has 16 heteroatoms. The lowest BCUT2D eigenvalue weighted by Gasteiger charge is -2.48. The molecule has 1 unspecified atom stereocenters. The molecule has 1 amide bonds. The van der Waals surface area contributed by atoms with E-state index in [0.717, 1.165) is 42.1 Å². The van der Waals surface area contributed by atoms with E-state index >= 15 is 0 Å². The largest absolute Gasteiger partial charge is 0.418 e. The Labute approximate surface area is 268 Å². The van der Waals surface area contributed by atoms with E-state index in [2.05, 4.69) is 10.3 Å². The summed E-state index contributed by atoms with van der Waals surface area (Å²) in [5, 5.41) is 18.9. The number of hydrogen-bond acceptors (Lipinski definition) is 7. The lowest BCUT2D eigenvalue weighted by molar-refractivity contribution is -0.312. The fraction of sp³-hybridized carbons (Fsp3) is 0.300. The zero-order valence-corrected chi connectivity index (χ0v) is 25.0. The van der Waals surface area contributed by atoms with Gasteiger partial charge in [-0.15, -0.1) is 5.10 Å². The van der Waals surface area contributed by atoms with Gasteiger partial charge in [0, 0.05) is 23.2 Å². The van der Waals surface area contributed by atoms with Crippen molar-refractivity contribution in [1.29, 1.82) is 0 Å². The number of aliphatic hydroxyl groups excluding tert-OH is 1. The summed E-state index contributed by atoms with van der Waals surface area (Å²) in [5.74, 6) is -3.11. The molecule has 0 radical (unpaired) electrons. The summed E-state index contributed by atoms with van der Waals surface area (Å²) >= 11 is 11.6. The van der Waals surface area contributed by atoms with Crippen LogP contribution in [-0.2, 0) is 25.2 Å². The third-order valence-corrected chi connectivity index (χ3v) is 8.34. The molecular weight excluding hydrogens is 662 g/mol. The van der Waals surface area contributed by atoms with Crippen LogP contribution in [0, 0.1) is 11.6 Å². The number of carbonyl (C=O) groups excluding carboxylic acids is 1. The summed E-state index contributed by atoms with van der Waals surface area (Å²) in [6, 6.07) is 12.2. The molecule has 1 aromatic heterocycles. The first-order valence-corrected chi connectivity index (χ1v) is 14.5. The van der Waals surface area contributed by atoms with E-state index in [1.54, 1.807) is 30.3 Å². The fourth-order valence-corrected chi connectivity index (χ4v) is 5.77. The second-order valence-electron chi connectivity index (χ2n) is 10.6. The Kier molecular flexibility index (Phi) is 8.78. The molecule has 0 bridgehead atoms. The van der Waals surface area contributed by atoms with Crippen LogP contribution in [0.5, 0.6) is 0 Å². The number of ether oxygens (including phenoxy) is 3. The highest BCUT2D eigenvalue weighted by Gasteiger charge is 2.53. The van der Waals surface area contributed by atoms with E-state index in [0.29, 0.717) is 10.5 Å². The molecule has 0 aliphatic carbocycles. The van der Waals surface area contributed by atoms with Crippen LogP contribution >= 0.6 is 23.2 Å². The van der Waals surface area contributed by atoms with Crippen molar-refractivity contribution in [3.8, 4) is 11.3 Å². The van der Waals surface area contributed by atoms with E-state index < -0.39 is 76.7 Å². The number of nitrogens with zero attached hydrogens (tertiary/aromatic N) is 4. The monoisotopic (exact) mass is 684 g/mol. The molecule has 9 nitrogen and oxygen atoms in total. The molecule has 2 fully saturated rings. The van der Waals surface area contributed by atoms with Crippen molar-refractivity contribution in [2.45, 2.75) is 42.9 Å². The Hall–Kier alpha value is -3.66. The fourth-order valence-electron chi connectivity index (χ4n) is 5.49. The van der Waals surface area contributed by atoms with Gasteiger partial charge in [-0.2, -0.15) is 13.2 Å². The number of likely N-dealkylation sites (N-methyl/N-ethyl adjacent to an activating group) is 1. The Morgan fingerprint density at radius 3 is 2.41 bits per heavy atom. The lowest BCUT2D eigenvalue weighted by Crippen LogP contribution is -2.62. The normalized spacial score (nSPS) is 24.8. The van der Waals surface area contributed by atoms with Crippen molar-refractivity contribution in [3.05, 3.63) is 99.7 Å². The molecule has 2 saturated heterocycles. The van der Waals surface area contributed by atoms with Crippen LogP contribution in [0.3, 0.4) is 0 Å². The maximum Gasteiger partial charge on any atom is 0.418 e. The van der Waals surface area contributed by atoms with Gasteiger partial charge in [0.15, 0.2) is 12.4 Å². The first-order chi connectivity index (χ1) is 21.8. The summed E-state index contributed by atoms with van der Waals surface area (Å²) in [5.41, 5.74) is -1.09. The molecule has 3 heterocycles. The molecule has 46 heavy (non-hydrogen) atoms. The number of hydrogen-bond donors (Lipinski definition) is 1. The van der Waals surface area contributed by atoms with Crippen LogP contribution < -0.4 is 4.90 Å². The van der Waals surface area contributed by atoms with Crippen LogP contribution in [0.15, 0.2) is 66.9 Å². The first-order valence-electron chi connectivity index (χ1n) is 13.7.